The molecule has 0 aromatic carbocycles. The van der Waals surface area contributed by atoms with E-state index in [2.05, 4.69) is 27.7 Å². The van der Waals surface area contributed by atoms with Crippen LogP contribution in [0.1, 0.15) is 27.7 Å². The second-order valence-electron chi connectivity index (χ2n) is 4.27. The first-order valence-electron chi connectivity index (χ1n) is 4.34. The number of rotatable bonds is 2. The Morgan fingerprint density at radius 1 is 1.09 bits per heavy atom. The van der Waals surface area contributed by atoms with Gasteiger partial charge in [0.05, 0.1) is 5.41 Å². The van der Waals surface area contributed by atoms with Crippen LogP contribution < -0.4 is 0 Å². The molecule has 0 saturated carbocycles. The first-order chi connectivity index (χ1) is 4.99. The van der Waals surface area contributed by atoms with Gasteiger partial charge in [-0.25, -0.2) is 0 Å². The molecule has 0 bridgehead atoms. The Hall–Kier alpha value is 0.310. The van der Waals surface area contributed by atoms with Gasteiger partial charge < -0.3 is 4.55 Å². The Morgan fingerprint density at radius 3 is 1.55 bits per heavy atom. The maximum absolute atomic E-state index is 11.0. The summed E-state index contributed by atoms with van der Waals surface area (Å²) >= 11 is -0.503. The zero-order valence-electron chi connectivity index (χ0n) is 7.89. The van der Waals surface area contributed by atoms with Gasteiger partial charge in [-0.3, -0.25) is 0 Å². The summed E-state index contributed by atoms with van der Waals surface area (Å²) in [5.74, 6) is 3.23. The van der Waals surface area contributed by atoms with Crippen LogP contribution in [0.4, 0.5) is 0 Å². The lowest BCUT2D eigenvalue weighted by atomic mass is 9.71. The van der Waals surface area contributed by atoms with E-state index in [9.17, 15) is 4.55 Å². The molecule has 1 fully saturated rings. The second-order valence-corrected chi connectivity index (χ2v) is 5.73. The molecule has 0 amide bonds. The summed E-state index contributed by atoms with van der Waals surface area (Å²) in [6.07, 6.45) is 0. The van der Waals surface area contributed by atoms with Crippen molar-refractivity contribution in [3.05, 3.63) is 0 Å². The lowest BCUT2D eigenvalue weighted by molar-refractivity contribution is 0.150. The Morgan fingerprint density at radius 2 is 1.45 bits per heavy atom. The summed E-state index contributed by atoms with van der Waals surface area (Å²) in [7, 11) is 0. The normalized spacial score (nSPS) is 24.3. The third kappa shape index (κ3) is 1.43. The highest BCUT2D eigenvalue weighted by Crippen LogP contribution is 2.45. The van der Waals surface area contributed by atoms with Crippen molar-refractivity contribution in [1.29, 1.82) is 0 Å². The highest BCUT2D eigenvalue weighted by atomic mass is 32.2. The molecule has 1 rings (SSSR count). The average molecular weight is 174 g/mol. The predicted molar refractivity (Wildman–Crippen MR) is 50.0 cm³/mol. The van der Waals surface area contributed by atoms with E-state index in [1.54, 1.807) is 0 Å². The predicted octanol–water partition coefficient (Wildman–Crippen LogP) is 2.05. The van der Waals surface area contributed by atoms with Gasteiger partial charge in [0.25, 0.3) is 0 Å². The van der Waals surface area contributed by atoms with Crippen molar-refractivity contribution in [2.45, 2.75) is 27.7 Å². The van der Waals surface area contributed by atoms with Crippen LogP contribution in [0.5, 0.6) is 0 Å². The molecule has 0 spiro atoms. The molecule has 1 heterocycles. The van der Waals surface area contributed by atoms with Gasteiger partial charge in [0.1, 0.15) is 11.5 Å². The molecular weight excluding hydrogens is 156 g/mol. The molecule has 0 aromatic heterocycles. The zero-order chi connectivity index (χ0) is 8.65. The molecule has 66 valence electrons. The fraction of sp³-hybridized carbons (Fsp3) is 1.00. The summed E-state index contributed by atoms with van der Waals surface area (Å²) < 4.78 is 11.0. The number of hydrogen-bond donors (Lipinski definition) is 0. The van der Waals surface area contributed by atoms with Crippen LogP contribution in [-0.2, 0) is 11.2 Å². The van der Waals surface area contributed by atoms with E-state index in [0.717, 1.165) is 11.5 Å². The molecule has 0 aliphatic carbocycles. The molecule has 0 radical (unpaired) electrons. The van der Waals surface area contributed by atoms with Crippen LogP contribution >= 0.6 is 0 Å². The molecule has 1 nitrogen and oxygen atoms in total. The molecule has 1 saturated heterocycles. The lowest BCUT2D eigenvalue weighted by Crippen LogP contribution is -2.55. The Kier molecular flexibility index (Phi) is 2.55. The van der Waals surface area contributed by atoms with Crippen molar-refractivity contribution < 1.29 is 4.55 Å². The zero-order valence-corrected chi connectivity index (χ0v) is 8.70. The Bertz CT molecular complexity index is 126. The van der Waals surface area contributed by atoms with Crippen molar-refractivity contribution >= 4 is 11.2 Å². The van der Waals surface area contributed by atoms with E-state index in [4.69, 9.17) is 0 Å². The van der Waals surface area contributed by atoms with Gasteiger partial charge in [-0.05, 0) is 11.8 Å². The van der Waals surface area contributed by atoms with E-state index in [1.807, 2.05) is 0 Å². The summed E-state index contributed by atoms with van der Waals surface area (Å²) in [5, 5.41) is 0. The molecular formula is C9H18OS. The highest BCUT2D eigenvalue weighted by Gasteiger charge is 2.52. The largest absolute Gasteiger partial charge is 0.616 e. The van der Waals surface area contributed by atoms with E-state index in [0.29, 0.717) is 17.3 Å². The fourth-order valence-electron chi connectivity index (χ4n) is 1.89. The minimum atomic E-state index is -0.503. The van der Waals surface area contributed by atoms with Crippen LogP contribution in [0.3, 0.4) is 0 Å². The molecule has 1 aliphatic rings. The molecule has 0 N–H and O–H groups in total. The maximum atomic E-state index is 11.0. The topological polar surface area (TPSA) is 23.1 Å². The summed E-state index contributed by atoms with van der Waals surface area (Å²) in [5.41, 5.74) is 0.394. The van der Waals surface area contributed by atoms with Gasteiger partial charge in [0.15, 0.2) is 0 Å². The molecule has 2 heteroatoms. The van der Waals surface area contributed by atoms with E-state index < -0.39 is 11.2 Å². The monoisotopic (exact) mass is 174 g/mol. The Balaban J connectivity index is 2.61. The molecule has 0 aromatic rings. The molecule has 1 aliphatic heterocycles. The van der Waals surface area contributed by atoms with Crippen molar-refractivity contribution in [2.24, 2.45) is 17.3 Å². The standard InChI is InChI=1S/C9H18OS/c1-7(2)9(8(3)4)5-11(10)6-9/h7-8H,5-6H2,1-4H3. The first-order valence-corrected chi connectivity index (χ1v) is 5.83. The average Bonchev–Trinajstić information content (AvgIpc) is 1.78. The minimum Gasteiger partial charge on any atom is -0.616 e. The van der Waals surface area contributed by atoms with Crippen LogP contribution in [0, 0.1) is 17.3 Å². The fourth-order valence-corrected chi connectivity index (χ4v) is 4.34. The highest BCUT2D eigenvalue weighted by molar-refractivity contribution is 7.92. The summed E-state index contributed by atoms with van der Waals surface area (Å²) in [6, 6.07) is 0. The SMILES string of the molecule is CC(C)C1(C(C)C)C[S+]([O-])C1. The van der Waals surface area contributed by atoms with Gasteiger partial charge in [-0.1, -0.05) is 38.9 Å². The maximum Gasteiger partial charge on any atom is 0.116 e. The van der Waals surface area contributed by atoms with Gasteiger partial charge in [-0.15, -0.1) is 0 Å². The van der Waals surface area contributed by atoms with Crippen LogP contribution in [0.15, 0.2) is 0 Å². The second kappa shape index (κ2) is 2.98. The van der Waals surface area contributed by atoms with Crippen LogP contribution in [0.25, 0.3) is 0 Å². The smallest absolute Gasteiger partial charge is 0.116 e. The third-order valence-corrected chi connectivity index (χ3v) is 4.88. The van der Waals surface area contributed by atoms with E-state index in [1.165, 1.54) is 0 Å². The lowest BCUT2D eigenvalue weighted by Gasteiger charge is -2.48. The van der Waals surface area contributed by atoms with Crippen LogP contribution in [0.2, 0.25) is 0 Å². The van der Waals surface area contributed by atoms with Gasteiger partial charge >= 0.3 is 0 Å². The summed E-state index contributed by atoms with van der Waals surface area (Å²) in [4.78, 5) is 0. The van der Waals surface area contributed by atoms with Crippen molar-refractivity contribution in [2.75, 3.05) is 11.5 Å². The molecule has 0 unspecified atom stereocenters. The van der Waals surface area contributed by atoms with Crippen molar-refractivity contribution in [3.63, 3.8) is 0 Å². The summed E-state index contributed by atoms with van der Waals surface area (Å²) in [6.45, 7) is 8.99. The van der Waals surface area contributed by atoms with Gasteiger partial charge in [0.2, 0.25) is 0 Å². The first kappa shape index (κ1) is 9.40. The third-order valence-electron chi connectivity index (χ3n) is 3.16. The Labute approximate surface area is 72.7 Å². The van der Waals surface area contributed by atoms with E-state index in [-0.39, 0.29) is 0 Å². The molecule has 0 atom stereocenters. The van der Waals surface area contributed by atoms with Crippen LogP contribution in [-0.4, -0.2) is 16.1 Å². The van der Waals surface area contributed by atoms with Crippen molar-refractivity contribution in [1.82, 2.24) is 0 Å². The quantitative estimate of drug-likeness (QED) is 0.588. The minimum absolute atomic E-state index is 0.394. The van der Waals surface area contributed by atoms with Gasteiger partial charge in [-0.2, -0.15) is 0 Å². The van der Waals surface area contributed by atoms with Gasteiger partial charge in [0, 0.05) is 0 Å². The van der Waals surface area contributed by atoms with E-state index >= 15 is 0 Å². The molecule has 11 heavy (non-hydrogen) atoms. The van der Waals surface area contributed by atoms with Crippen molar-refractivity contribution in [3.8, 4) is 0 Å². The number of hydrogen-bond acceptors (Lipinski definition) is 1.